The Labute approximate surface area is 236 Å². The number of thiazole rings is 1. The van der Waals surface area contributed by atoms with Crippen molar-refractivity contribution in [2.45, 2.75) is 65.6 Å². The van der Waals surface area contributed by atoms with E-state index >= 15 is 0 Å². The Morgan fingerprint density at radius 3 is 2.71 bits per heavy atom. The van der Waals surface area contributed by atoms with E-state index in [0.29, 0.717) is 25.0 Å². The predicted molar refractivity (Wildman–Crippen MR) is 160 cm³/mol. The zero-order valence-electron chi connectivity index (χ0n) is 19.9. The summed E-state index contributed by atoms with van der Waals surface area (Å²) in [5.74, 6) is 0.0667. The Morgan fingerprint density at radius 1 is 1.24 bits per heavy atom. The van der Waals surface area contributed by atoms with Gasteiger partial charge in [0.15, 0.2) is 0 Å². The van der Waals surface area contributed by atoms with Crippen molar-refractivity contribution in [2.75, 3.05) is 18.4 Å². The summed E-state index contributed by atoms with van der Waals surface area (Å²) < 4.78 is 2.38. The fraction of sp³-hybridized carbons (Fsp3) is 0.500. The van der Waals surface area contributed by atoms with Gasteiger partial charge in [0, 0.05) is 52.1 Å². The molecule has 0 bridgehead atoms. The second kappa shape index (κ2) is 13.2. The molecule has 2 N–H and O–H groups in total. The highest BCUT2D eigenvalue weighted by Gasteiger charge is 2.28. The first-order valence-electron chi connectivity index (χ1n) is 11.3. The molecule has 0 fully saturated rings. The molecule has 0 saturated carbocycles. The minimum Gasteiger partial charge on any atom is -0.317 e. The molecule has 4 rings (SSSR count). The van der Waals surface area contributed by atoms with E-state index < -0.39 is 0 Å². The number of rotatable bonds is 8. The lowest BCUT2D eigenvalue weighted by atomic mass is 10.0. The number of carbonyl (C=O) groups is 1. The van der Waals surface area contributed by atoms with Crippen molar-refractivity contribution in [2.24, 2.45) is 0 Å². The number of carbonyl (C=O) groups excluding carboxylic acids is 1. The Morgan fingerprint density at radius 2 is 2.00 bits per heavy atom. The molecular weight excluding hydrogens is 622 g/mol. The van der Waals surface area contributed by atoms with E-state index in [9.17, 15) is 4.79 Å². The number of nitrogens with one attached hydrogen (secondary N) is 2. The summed E-state index contributed by atoms with van der Waals surface area (Å²) in [5.41, 5.74) is 3.55. The van der Waals surface area contributed by atoms with Gasteiger partial charge in [0.1, 0.15) is 10.0 Å². The normalized spacial score (nSPS) is 14.4. The Balaban J connectivity index is 0.00000204. The van der Waals surface area contributed by atoms with Crippen LogP contribution in [0, 0.1) is 3.57 Å². The molecule has 1 aromatic carbocycles. The maximum absolute atomic E-state index is 12.8. The van der Waals surface area contributed by atoms with Gasteiger partial charge in [-0.2, -0.15) is 0 Å². The fourth-order valence-corrected chi connectivity index (χ4v) is 6.81. The molecule has 0 radical (unpaired) electrons. The number of nitrogens with zero attached hydrogens (tertiary/aromatic N) is 2. The number of anilines is 1. The van der Waals surface area contributed by atoms with E-state index in [2.05, 4.69) is 84.0 Å². The average molecular weight is 655 g/mol. The largest absolute Gasteiger partial charge is 0.317 e. The van der Waals surface area contributed by atoms with Crippen molar-refractivity contribution in [1.29, 1.82) is 0 Å². The zero-order chi connectivity index (χ0) is 22.8. The molecule has 1 aliphatic heterocycles. The summed E-state index contributed by atoms with van der Waals surface area (Å²) in [6.07, 6.45) is 2.53. The van der Waals surface area contributed by atoms with Crippen LogP contribution in [0.3, 0.4) is 0 Å². The van der Waals surface area contributed by atoms with Crippen molar-refractivity contribution < 1.29 is 4.79 Å². The van der Waals surface area contributed by atoms with Crippen molar-refractivity contribution >= 4 is 91.2 Å². The van der Waals surface area contributed by atoms with Crippen LogP contribution in [0.15, 0.2) is 18.2 Å². The number of hydrogen-bond acceptors (Lipinski definition) is 6. The third-order valence-electron chi connectivity index (χ3n) is 6.09. The molecule has 2 aromatic heterocycles. The van der Waals surface area contributed by atoms with E-state index in [4.69, 9.17) is 4.98 Å². The van der Waals surface area contributed by atoms with Crippen LogP contribution in [0.4, 0.5) is 5.00 Å². The molecule has 5 nitrogen and oxygen atoms in total. The number of aromatic nitrogens is 1. The highest BCUT2D eigenvalue weighted by molar-refractivity contribution is 14.1. The van der Waals surface area contributed by atoms with Crippen LogP contribution in [-0.4, -0.2) is 41.0 Å². The molecule has 3 aromatic rings. The molecule has 0 saturated heterocycles. The maximum atomic E-state index is 12.8. The van der Waals surface area contributed by atoms with Gasteiger partial charge >= 0.3 is 0 Å². The number of halogens is 3. The number of benzene rings is 1. The van der Waals surface area contributed by atoms with Crippen molar-refractivity contribution in [3.8, 4) is 10.6 Å². The molecule has 0 spiro atoms. The highest BCUT2D eigenvalue weighted by Crippen LogP contribution is 2.46. The van der Waals surface area contributed by atoms with Gasteiger partial charge < -0.3 is 10.6 Å². The third kappa shape index (κ3) is 6.83. The van der Waals surface area contributed by atoms with Crippen LogP contribution in [0.25, 0.3) is 20.8 Å². The Kier molecular flexibility index (Phi) is 11.5. The SMILES string of the molecule is CCC(C)NCCC(=O)Nc1sc2c(c1-c1nc3cc(I)ccc3s1)CCN(C(C)C)C2.Cl.Cl. The fourth-order valence-electron chi connectivity index (χ4n) is 3.95. The lowest BCUT2D eigenvalue weighted by molar-refractivity contribution is -0.116. The van der Waals surface area contributed by atoms with Gasteiger partial charge in [0.25, 0.3) is 0 Å². The summed E-state index contributed by atoms with van der Waals surface area (Å²) in [5, 5.41) is 8.63. The second-order valence-electron chi connectivity index (χ2n) is 8.71. The van der Waals surface area contributed by atoms with E-state index in [0.717, 1.165) is 47.0 Å². The van der Waals surface area contributed by atoms with Crippen molar-refractivity contribution in [1.82, 2.24) is 15.2 Å². The molecule has 1 aliphatic rings. The van der Waals surface area contributed by atoms with Crippen LogP contribution in [0.1, 0.15) is 51.0 Å². The smallest absolute Gasteiger partial charge is 0.226 e. The summed E-state index contributed by atoms with van der Waals surface area (Å²) in [4.78, 5) is 21.6. The molecule has 1 unspecified atom stereocenters. The van der Waals surface area contributed by atoms with Crippen LogP contribution in [0.2, 0.25) is 0 Å². The number of hydrogen-bond donors (Lipinski definition) is 2. The van der Waals surface area contributed by atoms with Crippen LogP contribution >= 0.6 is 70.1 Å². The number of thiophene rings is 1. The first-order chi connectivity index (χ1) is 15.4. The molecule has 1 atom stereocenters. The summed E-state index contributed by atoms with van der Waals surface area (Å²) >= 11 is 5.79. The van der Waals surface area contributed by atoms with Crippen molar-refractivity contribution in [3.05, 3.63) is 32.2 Å². The lowest BCUT2D eigenvalue weighted by Gasteiger charge is -2.30. The van der Waals surface area contributed by atoms with Crippen molar-refractivity contribution in [3.63, 3.8) is 0 Å². The minimum absolute atomic E-state index is 0. The Bertz CT molecular complexity index is 1120. The Hall–Kier alpha value is -0.490. The molecule has 1 amide bonds. The second-order valence-corrected chi connectivity index (χ2v) is 12.1. The van der Waals surface area contributed by atoms with Gasteiger partial charge in [-0.3, -0.25) is 9.69 Å². The highest BCUT2D eigenvalue weighted by atomic mass is 127. The zero-order valence-corrected chi connectivity index (χ0v) is 25.4. The topological polar surface area (TPSA) is 57.3 Å². The quantitative estimate of drug-likeness (QED) is 0.258. The monoisotopic (exact) mass is 654 g/mol. The predicted octanol–water partition coefficient (Wildman–Crippen LogP) is 6.96. The molecule has 3 heterocycles. The molecule has 34 heavy (non-hydrogen) atoms. The minimum atomic E-state index is 0. The first kappa shape index (κ1) is 29.7. The summed E-state index contributed by atoms with van der Waals surface area (Å²) in [7, 11) is 0. The first-order valence-corrected chi connectivity index (χ1v) is 14.0. The number of amides is 1. The molecule has 10 heteroatoms. The van der Waals surface area contributed by atoms with Crippen LogP contribution in [0.5, 0.6) is 0 Å². The van der Waals surface area contributed by atoms with E-state index in [1.807, 2.05) is 0 Å². The van der Waals surface area contributed by atoms with Gasteiger partial charge in [-0.25, -0.2) is 4.98 Å². The molecular formula is C24H33Cl2IN4OS2. The van der Waals surface area contributed by atoms with E-state index in [1.54, 1.807) is 22.7 Å². The van der Waals surface area contributed by atoms with Gasteiger partial charge in [-0.15, -0.1) is 47.5 Å². The van der Waals surface area contributed by atoms with E-state index in [1.165, 1.54) is 18.7 Å². The third-order valence-corrected chi connectivity index (χ3v) is 8.95. The van der Waals surface area contributed by atoms with Crippen LogP contribution in [-0.2, 0) is 17.8 Å². The van der Waals surface area contributed by atoms with Gasteiger partial charge in [0.2, 0.25) is 5.91 Å². The van der Waals surface area contributed by atoms with Gasteiger partial charge in [-0.05, 0) is 80.0 Å². The van der Waals surface area contributed by atoms with Gasteiger partial charge in [0.05, 0.1) is 10.2 Å². The van der Waals surface area contributed by atoms with E-state index in [-0.39, 0.29) is 30.7 Å². The number of fused-ring (bicyclic) bond motifs is 2. The summed E-state index contributed by atoms with van der Waals surface area (Å²) in [6.45, 7) is 11.5. The lowest BCUT2D eigenvalue weighted by Crippen LogP contribution is -2.35. The summed E-state index contributed by atoms with van der Waals surface area (Å²) in [6, 6.07) is 7.36. The average Bonchev–Trinajstić information content (AvgIpc) is 3.32. The standard InChI is InChI=1S/C24H31IN4OS2.2ClH/c1-5-15(4)26-10-8-21(30)28-24-22(17-9-11-29(14(2)3)13-20(17)32-24)23-27-18-12-16(25)6-7-19(18)31-23;;/h6-7,12,14-15,26H,5,8-11,13H2,1-4H3,(H,28,30);2*1H. The molecule has 188 valence electrons. The van der Waals surface area contributed by atoms with Gasteiger partial charge in [-0.1, -0.05) is 6.92 Å². The molecule has 0 aliphatic carbocycles. The maximum Gasteiger partial charge on any atom is 0.226 e. The van der Waals surface area contributed by atoms with Crippen LogP contribution < -0.4 is 10.6 Å².